The Hall–Kier alpha value is -1.88. The van der Waals surface area contributed by atoms with Crippen molar-refractivity contribution >= 4 is 5.69 Å². The molecule has 0 amide bonds. The standard InChI is InChI=1S/C13H16N4O/c18-10-11-4-7-16(9-11)12-2-3-13(14-8-12)17-6-1-5-15-17/h1-3,5-6,8,11,18H,4,7,9-10H2. The summed E-state index contributed by atoms with van der Waals surface area (Å²) in [6.07, 6.45) is 6.54. The molecule has 18 heavy (non-hydrogen) atoms. The van der Waals surface area contributed by atoms with Gasteiger partial charge < -0.3 is 10.0 Å². The molecule has 1 aliphatic rings. The summed E-state index contributed by atoms with van der Waals surface area (Å²) in [5.74, 6) is 1.22. The highest BCUT2D eigenvalue weighted by molar-refractivity contribution is 5.47. The summed E-state index contributed by atoms with van der Waals surface area (Å²) in [6.45, 7) is 2.18. The Bertz CT molecular complexity index is 494. The minimum Gasteiger partial charge on any atom is -0.396 e. The highest BCUT2D eigenvalue weighted by Crippen LogP contribution is 2.23. The lowest BCUT2D eigenvalue weighted by Gasteiger charge is -2.18. The summed E-state index contributed by atoms with van der Waals surface area (Å²) in [4.78, 5) is 6.68. The molecular weight excluding hydrogens is 228 g/mol. The van der Waals surface area contributed by atoms with Crippen molar-refractivity contribution < 1.29 is 5.11 Å². The molecule has 5 heteroatoms. The summed E-state index contributed by atoms with van der Waals surface area (Å²) in [6, 6.07) is 5.90. The first-order valence-corrected chi connectivity index (χ1v) is 6.18. The second-order valence-corrected chi connectivity index (χ2v) is 4.61. The van der Waals surface area contributed by atoms with Crippen LogP contribution < -0.4 is 4.90 Å². The van der Waals surface area contributed by atoms with Crippen LogP contribution in [0.5, 0.6) is 0 Å². The number of aromatic nitrogens is 3. The Kier molecular flexibility index (Phi) is 2.98. The van der Waals surface area contributed by atoms with E-state index in [1.165, 1.54) is 0 Å². The van der Waals surface area contributed by atoms with Crippen LogP contribution in [0.3, 0.4) is 0 Å². The molecule has 0 aliphatic carbocycles. The zero-order valence-electron chi connectivity index (χ0n) is 10.1. The van der Waals surface area contributed by atoms with Crippen molar-refractivity contribution in [1.82, 2.24) is 14.8 Å². The maximum atomic E-state index is 9.15. The number of nitrogens with zero attached hydrogens (tertiary/aromatic N) is 4. The Morgan fingerprint density at radius 3 is 2.94 bits per heavy atom. The van der Waals surface area contributed by atoms with Crippen LogP contribution in [0.2, 0.25) is 0 Å². The van der Waals surface area contributed by atoms with Gasteiger partial charge in [-0.15, -0.1) is 0 Å². The highest BCUT2D eigenvalue weighted by atomic mass is 16.3. The Labute approximate surface area is 106 Å². The minimum atomic E-state index is 0.273. The first-order chi connectivity index (χ1) is 8.86. The van der Waals surface area contributed by atoms with Crippen molar-refractivity contribution in [3.8, 4) is 5.82 Å². The predicted octanol–water partition coefficient (Wildman–Crippen LogP) is 1.09. The number of pyridine rings is 1. The Morgan fingerprint density at radius 2 is 2.33 bits per heavy atom. The number of rotatable bonds is 3. The lowest BCUT2D eigenvalue weighted by molar-refractivity contribution is 0.238. The van der Waals surface area contributed by atoms with E-state index in [2.05, 4.69) is 21.0 Å². The summed E-state index contributed by atoms with van der Waals surface area (Å²) in [5.41, 5.74) is 1.11. The van der Waals surface area contributed by atoms with Crippen LogP contribution >= 0.6 is 0 Å². The molecule has 1 unspecified atom stereocenters. The predicted molar refractivity (Wildman–Crippen MR) is 68.8 cm³/mol. The van der Waals surface area contributed by atoms with E-state index in [1.54, 1.807) is 10.9 Å². The van der Waals surface area contributed by atoms with E-state index in [4.69, 9.17) is 5.11 Å². The summed E-state index contributed by atoms with van der Waals surface area (Å²) < 4.78 is 1.74. The lowest BCUT2D eigenvalue weighted by atomic mass is 10.1. The largest absolute Gasteiger partial charge is 0.396 e. The molecule has 94 valence electrons. The fourth-order valence-corrected chi connectivity index (χ4v) is 2.32. The van der Waals surface area contributed by atoms with Gasteiger partial charge in [-0.3, -0.25) is 0 Å². The SMILES string of the molecule is OCC1CCN(c2ccc(-n3cccn3)nc2)C1. The zero-order chi connectivity index (χ0) is 12.4. The normalized spacial score (nSPS) is 19.4. The molecule has 1 N–H and O–H groups in total. The number of anilines is 1. The van der Waals surface area contributed by atoms with E-state index in [-0.39, 0.29) is 6.61 Å². The quantitative estimate of drug-likeness (QED) is 0.878. The average Bonchev–Trinajstić information content (AvgIpc) is 3.10. The van der Waals surface area contributed by atoms with Gasteiger partial charge in [0.15, 0.2) is 5.82 Å². The average molecular weight is 244 g/mol. The van der Waals surface area contributed by atoms with Crippen LogP contribution in [-0.4, -0.2) is 39.6 Å². The molecule has 1 saturated heterocycles. The third kappa shape index (κ3) is 2.09. The van der Waals surface area contributed by atoms with Crippen LogP contribution in [0.4, 0.5) is 5.69 Å². The van der Waals surface area contributed by atoms with E-state index >= 15 is 0 Å². The Balaban J connectivity index is 1.76. The molecule has 3 rings (SSSR count). The summed E-state index contributed by atoms with van der Waals surface area (Å²) in [7, 11) is 0. The maximum absolute atomic E-state index is 9.15. The van der Waals surface area contributed by atoms with Crippen molar-refractivity contribution in [1.29, 1.82) is 0 Å². The van der Waals surface area contributed by atoms with Crippen molar-refractivity contribution in [2.75, 3.05) is 24.6 Å². The first-order valence-electron chi connectivity index (χ1n) is 6.18. The van der Waals surface area contributed by atoms with Gasteiger partial charge in [-0.25, -0.2) is 9.67 Å². The molecule has 0 radical (unpaired) electrons. The maximum Gasteiger partial charge on any atom is 0.153 e. The molecule has 5 nitrogen and oxygen atoms in total. The van der Waals surface area contributed by atoms with Crippen molar-refractivity contribution in [2.24, 2.45) is 5.92 Å². The number of aliphatic hydroxyl groups excluding tert-OH is 1. The van der Waals surface area contributed by atoms with Gasteiger partial charge in [0.25, 0.3) is 0 Å². The van der Waals surface area contributed by atoms with Gasteiger partial charge in [0.1, 0.15) is 0 Å². The number of hydrogen-bond acceptors (Lipinski definition) is 4. The molecule has 1 aliphatic heterocycles. The zero-order valence-corrected chi connectivity index (χ0v) is 10.1. The van der Waals surface area contributed by atoms with Crippen LogP contribution in [0.25, 0.3) is 5.82 Å². The van der Waals surface area contributed by atoms with Gasteiger partial charge in [0, 0.05) is 38.0 Å². The topological polar surface area (TPSA) is 54.2 Å². The van der Waals surface area contributed by atoms with E-state index in [0.717, 1.165) is 31.0 Å². The molecule has 0 saturated carbocycles. The lowest BCUT2D eigenvalue weighted by Crippen LogP contribution is -2.20. The monoisotopic (exact) mass is 244 g/mol. The third-order valence-electron chi connectivity index (χ3n) is 3.38. The molecule has 1 fully saturated rings. The minimum absolute atomic E-state index is 0.273. The van der Waals surface area contributed by atoms with Gasteiger partial charge in [-0.05, 0) is 24.6 Å². The van der Waals surface area contributed by atoms with Crippen LogP contribution in [0.15, 0.2) is 36.8 Å². The van der Waals surface area contributed by atoms with Gasteiger partial charge >= 0.3 is 0 Å². The van der Waals surface area contributed by atoms with Crippen molar-refractivity contribution in [2.45, 2.75) is 6.42 Å². The number of hydrogen-bond donors (Lipinski definition) is 1. The summed E-state index contributed by atoms with van der Waals surface area (Å²) >= 11 is 0. The van der Waals surface area contributed by atoms with E-state index < -0.39 is 0 Å². The van der Waals surface area contributed by atoms with Crippen LogP contribution in [-0.2, 0) is 0 Å². The molecule has 2 aromatic heterocycles. The molecule has 3 heterocycles. The second kappa shape index (κ2) is 4.78. The van der Waals surface area contributed by atoms with Crippen LogP contribution in [0, 0.1) is 5.92 Å². The molecule has 0 aromatic carbocycles. The van der Waals surface area contributed by atoms with Gasteiger partial charge in [0.2, 0.25) is 0 Å². The van der Waals surface area contributed by atoms with Gasteiger partial charge in [-0.1, -0.05) is 0 Å². The summed E-state index contributed by atoms with van der Waals surface area (Å²) in [5, 5.41) is 13.3. The fraction of sp³-hybridized carbons (Fsp3) is 0.385. The van der Waals surface area contributed by atoms with E-state index in [1.807, 2.05) is 24.5 Å². The fourth-order valence-electron chi connectivity index (χ4n) is 2.32. The van der Waals surface area contributed by atoms with E-state index in [0.29, 0.717) is 5.92 Å². The molecule has 2 aromatic rings. The van der Waals surface area contributed by atoms with Crippen molar-refractivity contribution in [3.63, 3.8) is 0 Å². The number of aliphatic hydroxyl groups is 1. The van der Waals surface area contributed by atoms with Crippen LogP contribution in [0.1, 0.15) is 6.42 Å². The smallest absolute Gasteiger partial charge is 0.153 e. The Morgan fingerprint density at radius 1 is 1.39 bits per heavy atom. The third-order valence-corrected chi connectivity index (χ3v) is 3.38. The molecular formula is C13H16N4O. The second-order valence-electron chi connectivity index (χ2n) is 4.61. The van der Waals surface area contributed by atoms with Crippen molar-refractivity contribution in [3.05, 3.63) is 36.8 Å². The first kappa shape index (κ1) is 11.2. The molecule has 1 atom stereocenters. The van der Waals surface area contributed by atoms with Gasteiger partial charge in [0.05, 0.1) is 11.9 Å². The molecule has 0 spiro atoms. The highest BCUT2D eigenvalue weighted by Gasteiger charge is 2.21. The van der Waals surface area contributed by atoms with Gasteiger partial charge in [-0.2, -0.15) is 5.10 Å². The van der Waals surface area contributed by atoms with E-state index in [9.17, 15) is 0 Å². The molecule has 0 bridgehead atoms.